The Bertz CT molecular complexity index is 810. The Hall–Kier alpha value is -3.76. The maximum absolute atomic E-state index is 8.63. The summed E-state index contributed by atoms with van der Waals surface area (Å²) in [6.07, 6.45) is 1.25. The first-order chi connectivity index (χ1) is 20.9. The third-order valence-corrected chi connectivity index (χ3v) is 3.73. The fourth-order valence-electron chi connectivity index (χ4n) is 2.12. The highest BCUT2D eigenvalue weighted by molar-refractivity contribution is 5.20. The Morgan fingerprint density at radius 1 is 0.409 bits per heavy atom. The van der Waals surface area contributed by atoms with Gasteiger partial charge in [-0.1, -0.05) is 182 Å². The zero-order valence-corrected chi connectivity index (χ0v) is 29.6. The van der Waals surface area contributed by atoms with E-state index in [1.165, 1.54) is 12.0 Å². The molecular formula is C40H70O4. The van der Waals surface area contributed by atoms with Crippen molar-refractivity contribution in [2.24, 2.45) is 0 Å². The van der Waals surface area contributed by atoms with Crippen LogP contribution in [0.2, 0.25) is 0 Å². The highest BCUT2D eigenvalue weighted by Crippen LogP contribution is 2.11. The molecule has 0 aliphatic carbocycles. The number of para-hydroxylation sites is 3. The van der Waals surface area contributed by atoms with Crippen LogP contribution < -0.4 is 0 Å². The molecule has 4 aromatic carbocycles. The normalized spacial score (nSPS) is 7.25. The van der Waals surface area contributed by atoms with E-state index in [2.05, 4.69) is 52.0 Å². The summed E-state index contributed by atoms with van der Waals surface area (Å²) in [5.41, 5.74) is 1.41. The van der Waals surface area contributed by atoms with Crippen LogP contribution in [0.1, 0.15) is 108 Å². The van der Waals surface area contributed by atoms with E-state index in [1.807, 2.05) is 79.7 Å². The van der Waals surface area contributed by atoms with Gasteiger partial charge < -0.3 is 20.4 Å². The van der Waals surface area contributed by atoms with Gasteiger partial charge in [0.25, 0.3) is 0 Å². The molecule has 4 nitrogen and oxygen atoms in total. The molecule has 0 bridgehead atoms. The predicted octanol–water partition coefficient (Wildman–Crippen LogP) is 12.8. The molecule has 44 heavy (non-hydrogen) atoms. The minimum Gasteiger partial charge on any atom is -0.508 e. The number of aliphatic hydroxyl groups is 1. The van der Waals surface area contributed by atoms with Gasteiger partial charge in [0.05, 0.1) is 0 Å². The average molecular weight is 615 g/mol. The molecule has 4 aromatic rings. The zero-order chi connectivity index (χ0) is 34.7. The third-order valence-electron chi connectivity index (χ3n) is 3.73. The highest BCUT2D eigenvalue weighted by Gasteiger charge is 1.93. The Labute approximate surface area is 274 Å². The van der Waals surface area contributed by atoms with Crippen LogP contribution in [0.15, 0.2) is 121 Å². The van der Waals surface area contributed by atoms with Gasteiger partial charge in [0.2, 0.25) is 0 Å². The van der Waals surface area contributed by atoms with Crippen molar-refractivity contribution in [3.8, 4) is 17.2 Å². The van der Waals surface area contributed by atoms with E-state index in [4.69, 9.17) is 20.4 Å². The van der Waals surface area contributed by atoms with Crippen molar-refractivity contribution in [3.63, 3.8) is 0 Å². The maximum atomic E-state index is 8.63. The lowest BCUT2D eigenvalue weighted by molar-refractivity contribution is 0.399. The first kappa shape index (κ1) is 56.1. The van der Waals surface area contributed by atoms with Crippen LogP contribution in [0, 0.1) is 0 Å². The van der Waals surface area contributed by atoms with E-state index in [0.29, 0.717) is 23.2 Å². The molecule has 0 spiro atoms. The first-order valence-electron chi connectivity index (χ1n) is 15.6. The van der Waals surface area contributed by atoms with E-state index in [1.54, 1.807) is 72.8 Å². The van der Waals surface area contributed by atoms with Crippen LogP contribution >= 0.6 is 0 Å². The highest BCUT2D eigenvalue weighted by atomic mass is 16.3. The van der Waals surface area contributed by atoms with Gasteiger partial charge in [0.1, 0.15) is 17.2 Å². The first-order valence-corrected chi connectivity index (χ1v) is 15.6. The van der Waals surface area contributed by atoms with E-state index < -0.39 is 0 Å². The van der Waals surface area contributed by atoms with Gasteiger partial charge in [-0.25, -0.2) is 0 Å². The van der Waals surface area contributed by atoms with Crippen LogP contribution in [-0.2, 0) is 0 Å². The smallest absolute Gasteiger partial charge is 0.115 e. The Morgan fingerprint density at radius 2 is 0.568 bits per heavy atom. The molecular weight excluding hydrogens is 544 g/mol. The molecule has 0 saturated carbocycles. The van der Waals surface area contributed by atoms with Crippen LogP contribution in [0.4, 0.5) is 0 Å². The summed E-state index contributed by atoms with van der Waals surface area (Å²) in [5, 5.41) is 32.9. The molecule has 0 amide bonds. The molecule has 0 fully saturated rings. The second-order valence-corrected chi connectivity index (χ2v) is 7.28. The molecule has 0 heterocycles. The fourth-order valence-corrected chi connectivity index (χ4v) is 2.12. The van der Waals surface area contributed by atoms with Crippen molar-refractivity contribution in [2.45, 2.75) is 103 Å². The monoisotopic (exact) mass is 615 g/mol. The van der Waals surface area contributed by atoms with Gasteiger partial charge in [0, 0.05) is 7.11 Å². The minimum absolute atomic E-state index is 0. The largest absolute Gasteiger partial charge is 0.508 e. The van der Waals surface area contributed by atoms with Crippen molar-refractivity contribution >= 4 is 0 Å². The summed E-state index contributed by atoms with van der Waals surface area (Å²) in [5.74, 6) is 1.62. The standard InChI is InChI=1S/C9H12.3C6H6O.C3H8.4C2H6.CH4O.CH4/c1-8(2)9-6-4-3-5-7-9;3*7-6-4-2-1-3-5-6;1-3-2;5*1-2;/h3-8H,1-2H3;3*1-5,7H;3H2,1-2H3;4*1-2H3;2H,1H3;1H4. The molecule has 0 saturated heterocycles. The molecule has 0 aromatic heterocycles. The van der Waals surface area contributed by atoms with E-state index in [9.17, 15) is 0 Å². The lowest BCUT2D eigenvalue weighted by atomic mass is 10.0. The molecule has 4 rings (SSSR count). The molecule has 0 aliphatic heterocycles. The molecule has 4 heteroatoms. The molecule has 4 N–H and O–H groups in total. The van der Waals surface area contributed by atoms with Crippen molar-refractivity contribution < 1.29 is 20.4 Å². The van der Waals surface area contributed by atoms with Crippen LogP contribution in [0.3, 0.4) is 0 Å². The van der Waals surface area contributed by atoms with Gasteiger partial charge >= 0.3 is 0 Å². The van der Waals surface area contributed by atoms with Crippen molar-refractivity contribution in [1.29, 1.82) is 0 Å². The molecule has 0 atom stereocenters. The van der Waals surface area contributed by atoms with Gasteiger partial charge in [-0.2, -0.15) is 0 Å². The van der Waals surface area contributed by atoms with E-state index in [-0.39, 0.29) is 7.43 Å². The summed E-state index contributed by atoms with van der Waals surface area (Å²) < 4.78 is 0. The predicted molar refractivity (Wildman–Crippen MR) is 201 cm³/mol. The SMILES string of the molecule is C.CC.CC.CC.CC.CC(C)c1ccccc1.CCC.CO.Oc1ccccc1.Oc1ccccc1.Oc1ccccc1. The summed E-state index contributed by atoms with van der Waals surface area (Å²) in [7, 11) is 1.00. The van der Waals surface area contributed by atoms with Crippen LogP contribution in [0.25, 0.3) is 0 Å². The molecule has 0 aliphatic rings. The summed E-state index contributed by atoms with van der Waals surface area (Å²) >= 11 is 0. The van der Waals surface area contributed by atoms with E-state index >= 15 is 0 Å². The van der Waals surface area contributed by atoms with Crippen molar-refractivity contribution in [1.82, 2.24) is 0 Å². The Morgan fingerprint density at radius 3 is 0.659 bits per heavy atom. The van der Waals surface area contributed by atoms with Gasteiger partial charge in [-0.3, -0.25) is 0 Å². The number of hydrogen-bond donors (Lipinski definition) is 4. The number of rotatable bonds is 1. The maximum Gasteiger partial charge on any atom is 0.115 e. The lowest BCUT2D eigenvalue weighted by Gasteiger charge is -2.01. The zero-order valence-electron chi connectivity index (χ0n) is 29.6. The van der Waals surface area contributed by atoms with E-state index in [0.717, 1.165) is 7.11 Å². The number of aromatic hydroxyl groups is 3. The molecule has 254 valence electrons. The molecule has 0 radical (unpaired) electrons. The van der Waals surface area contributed by atoms with Crippen LogP contribution in [0.5, 0.6) is 17.2 Å². The minimum atomic E-state index is 0. The van der Waals surface area contributed by atoms with Crippen LogP contribution in [-0.4, -0.2) is 27.5 Å². The number of phenols is 3. The quantitative estimate of drug-likeness (QED) is 0.172. The Balaban J connectivity index is -0.0000000734. The van der Waals surface area contributed by atoms with Crippen molar-refractivity contribution in [2.75, 3.05) is 7.11 Å². The topological polar surface area (TPSA) is 80.9 Å². The second-order valence-electron chi connectivity index (χ2n) is 7.28. The number of benzene rings is 4. The summed E-state index contributed by atoms with van der Waals surface area (Å²) in [6.45, 7) is 24.7. The fraction of sp³-hybridized carbons (Fsp3) is 0.400. The summed E-state index contributed by atoms with van der Waals surface area (Å²) in [6, 6.07) is 36.7. The van der Waals surface area contributed by atoms with Gasteiger partial charge in [-0.05, 0) is 47.9 Å². The Kier molecular flexibility index (Phi) is 70.4. The number of hydrogen-bond acceptors (Lipinski definition) is 4. The average Bonchev–Trinajstić information content (AvgIpc) is 3.08. The van der Waals surface area contributed by atoms with Gasteiger partial charge in [-0.15, -0.1) is 0 Å². The lowest BCUT2D eigenvalue weighted by Crippen LogP contribution is -1.83. The second kappa shape index (κ2) is 55.2. The third kappa shape index (κ3) is 51.0. The number of aliphatic hydroxyl groups excluding tert-OH is 1. The van der Waals surface area contributed by atoms with Gasteiger partial charge in [0.15, 0.2) is 0 Å². The summed E-state index contributed by atoms with van der Waals surface area (Å²) in [4.78, 5) is 0. The van der Waals surface area contributed by atoms with Crippen molar-refractivity contribution in [3.05, 3.63) is 127 Å². The number of phenolic OH excluding ortho intramolecular Hbond substituents is 3. The molecule has 0 unspecified atom stereocenters.